The third-order valence-corrected chi connectivity index (χ3v) is 5.90. The fraction of sp³-hybridized carbons (Fsp3) is 0.208. The number of rotatable bonds is 5. The summed E-state index contributed by atoms with van der Waals surface area (Å²) in [5.74, 6) is 0.733. The van der Waals surface area contributed by atoms with Crippen molar-refractivity contribution in [1.29, 1.82) is 0 Å². The zero-order valence-corrected chi connectivity index (χ0v) is 18.5. The molecule has 0 bridgehead atoms. The first-order valence-corrected chi connectivity index (χ1v) is 10.7. The van der Waals surface area contributed by atoms with Crippen molar-refractivity contribution in [2.75, 3.05) is 43.5 Å². The second kappa shape index (κ2) is 9.65. The Balaban J connectivity index is 1.41. The number of nitrogens with zero attached hydrogens (tertiary/aromatic N) is 3. The normalized spacial score (nSPS) is 13.5. The average molecular weight is 449 g/mol. The molecule has 0 aliphatic carbocycles. The Morgan fingerprint density at radius 2 is 1.66 bits per heavy atom. The van der Waals surface area contributed by atoms with Gasteiger partial charge in [0.15, 0.2) is 5.11 Å². The van der Waals surface area contributed by atoms with Crippen LogP contribution in [0.1, 0.15) is 0 Å². The van der Waals surface area contributed by atoms with E-state index >= 15 is 0 Å². The summed E-state index contributed by atoms with van der Waals surface area (Å²) in [5.41, 5.74) is 4.12. The van der Waals surface area contributed by atoms with E-state index in [-0.39, 0.29) is 10.6 Å². The molecule has 7 nitrogen and oxygen atoms in total. The summed E-state index contributed by atoms with van der Waals surface area (Å²) in [5, 5.41) is 14.9. The van der Waals surface area contributed by atoms with Crippen molar-refractivity contribution < 1.29 is 9.66 Å². The highest BCUT2D eigenvalue weighted by Crippen LogP contribution is 2.31. The van der Waals surface area contributed by atoms with Crippen molar-refractivity contribution in [3.63, 3.8) is 0 Å². The summed E-state index contributed by atoms with van der Waals surface area (Å²) < 4.78 is 5.53. The number of thiocarbonyl (C=S) groups is 1. The number of non-ortho nitro benzene ring substituents is 1. The molecule has 0 spiro atoms. The van der Waals surface area contributed by atoms with Crippen molar-refractivity contribution in [3.8, 4) is 16.9 Å². The Labute approximate surface area is 192 Å². The van der Waals surface area contributed by atoms with Gasteiger partial charge in [0, 0.05) is 44.0 Å². The Kier molecular flexibility index (Phi) is 6.51. The lowest BCUT2D eigenvalue weighted by molar-refractivity contribution is -0.384. The lowest BCUT2D eigenvalue weighted by atomic mass is 10.0. The number of anilines is 2. The maximum absolute atomic E-state index is 10.9. The van der Waals surface area contributed by atoms with Gasteiger partial charge in [0.25, 0.3) is 5.69 Å². The maximum Gasteiger partial charge on any atom is 0.269 e. The van der Waals surface area contributed by atoms with Crippen LogP contribution in [0.3, 0.4) is 0 Å². The molecule has 1 saturated heterocycles. The zero-order chi connectivity index (χ0) is 22.5. The highest BCUT2D eigenvalue weighted by Gasteiger charge is 2.20. The van der Waals surface area contributed by atoms with E-state index < -0.39 is 0 Å². The number of hydrogen-bond acceptors (Lipinski definition) is 5. The average Bonchev–Trinajstić information content (AvgIpc) is 2.84. The molecule has 8 heteroatoms. The van der Waals surface area contributed by atoms with Crippen molar-refractivity contribution >= 4 is 34.4 Å². The van der Waals surface area contributed by atoms with Crippen LogP contribution in [-0.4, -0.2) is 48.2 Å². The van der Waals surface area contributed by atoms with E-state index in [1.807, 2.05) is 36.4 Å². The lowest BCUT2D eigenvalue weighted by Gasteiger charge is -2.37. The molecule has 4 rings (SSSR count). The topological polar surface area (TPSA) is 70.9 Å². The van der Waals surface area contributed by atoms with Gasteiger partial charge in [0.1, 0.15) is 5.75 Å². The Morgan fingerprint density at radius 1 is 0.969 bits per heavy atom. The van der Waals surface area contributed by atoms with Crippen LogP contribution in [0.5, 0.6) is 5.75 Å². The molecule has 1 aliphatic heterocycles. The number of methoxy groups -OCH3 is 1. The SMILES string of the molecule is COc1ccc(-c2ccccc2)cc1NC(=S)N1CCN(c2ccc([N+](=O)[O-])cc2)CC1. The third kappa shape index (κ3) is 4.81. The van der Waals surface area contributed by atoms with Crippen molar-refractivity contribution in [2.45, 2.75) is 0 Å². The Morgan fingerprint density at radius 3 is 2.28 bits per heavy atom. The number of nitro groups is 1. The van der Waals surface area contributed by atoms with E-state index in [9.17, 15) is 10.1 Å². The first-order chi connectivity index (χ1) is 15.5. The van der Waals surface area contributed by atoms with E-state index in [1.54, 1.807) is 31.4 Å². The van der Waals surface area contributed by atoms with E-state index in [1.165, 1.54) is 0 Å². The molecule has 0 saturated carbocycles. The van der Waals surface area contributed by atoms with Crippen molar-refractivity contribution in [1.82, 2.24) is 4.90 Å². The summed E-state index contributed by atoms with van der Waals surface area (Å²) >= 11 is 5.69. The van der Waals surface area contributed by atoms with Gasteiger partial charge < -0.3 is 19.9 Å². The molecule has 3 aromatic rings. The highest BCUT2D eigenvalue weighted by atomic mass is 32.1. The molecule has 0 amide bonds. The van der Waals surface area contributed by atoms with E-state index in [4.69, 9.17) is 17.0 Å². The van der Waals surface area contributed by atoms with Crippen LogP contribution in [0, 0.1) is 10.1 Å². The summed E-state index contributed by atoms with van der Waals surface area (Å²) in [6.07, 6.45) is 0. The van der Waals surface area contributed by atoms with Gasteiger partial charge in [-0.3, -0.25) is 10.1 Å². The van der Waals surface area contributed by atoms with E-state index in [0.717, 1.165) is 54.4 Å². The summed E-state index contributed by atoms with van der Waals surface area (Å²) in [6.45, 7) is 3.06. The van der Waals surface area contributed by atoms with Crippen LogP contribution in [0.25, 0.3) is 11.1 Å². The number of piperazine rings is 1. The summed E-state index contributed by atoms with van der Waals surface area (Å²) in [6, 6.07) is 22.9. The minimum absolute atomic E-state index is 0.101. The maximum atomic E-state index is 10.9. The molecule has 1 aliphatic rings. The van der Waals surface area contributed by atoms with Gasteiger partial charge in [-0.15, -0.1) is 0 Å². The van der Waals surface area contributed by atoms with Crippen LogP contribution >= 0.6 is 12.2 Å². The van der Waals surface area contributed by atoms with Gasteiger partial charge in [-0.1, -0.05) is 36.4 Å². The predicted octanol–water partition coefficient (Wildman–Crippen LogP) is 4.79. The van der Waals surface area contributed by atoms with Gasteiger partial charge in [0.2, 0.25) is 0 Å². The van der Waals surface area contributed by atoms with Crippen LogP contribution < -0.4 is 15.0 Å². The second-order valence-corrected chi connectivity index (χ2v) is 7.85. The van der Waals surface area contributed by atoms with Gasteiger partial charge in [0.05, 0.1) is 17.7 Å². The number of nitro benzene ring substituents is 1. The summed E-state index contributed by atoms with van der Waals surface area (Å²) in [4.78, 5) is 14.8. The van der Waals surface area contributed by atoms with Gasteiger partial charge in [-0.05, 0) is 47.6 Å². The van der Waals surface area contributed by atoms with Crippen LogP contribution in [0.2, 0.25) is 0 Å². The molecular formula is C24H24N4O3S. The molecule has 1 N–H and O–H groups in total. The predicted molar refractivity (Wildman–Crippen MR) is 132 cm³/mol. The molecule has 32 heavy (non-hydrogen) atoms. The molecule has 0 aromatic heterocycles. The van der Waals surface area contributed by atoms with Crippen molar-refractivity contribution in [2.24, 2.45) is 0 Å². The standard InChI is InChI=1S/C24H24N4O3S/c1-31-23-12-7-19(18-5-3-2-4-6-18)17-22(23)25-24(32)27-15-13-26(14-16-27)20-8-10-21(11-9-20)28(29)30/h2-12,17H,13-16H2,1H3,(H,25,32). The molecular weight excluding hydrogens is 424 g/mol. The number of nitrogens with one attached hydrogen (secondary N) is 1. The first-order valence-electron chi connectivity index (χ1n) is 10.3. The molecule has 0 unspecified atom stereocenters. The largest absolute Gasteiger partial charge is 0.495 e. The first kappa shape index (κ1) is 21.6. The minimum atomic E-state index is -0.382. The quantitative estimate of drug-likeness (QED) is 0.342. The van der Waals surface area contributed by atoms with Crippen LogP contribution in [0.15, 0.2) is 72.8 Å². The fourth-order valence-corrected chi connectivity index (χ4v) is 4.06. The molecule has 1 fully saturated rings. The number of benzene rings is 3. The fourth-order valence-electron chi connectivity index (χ4n) is 3.76. The number of hydrogen-bond donors (Lipinski definition) is 1. The smallest absolute Gasteiger partial charge is 0.269 e. The Hall–Kier alpha value is -3.65. The van der Waals surface area contributed by atoms with Crippen LogP contribution in [0.4, 0.5) is 17.1 Å². The molecule has 0 radical (unpaired) electrons. The molecule has 3 aromatic carbocycles. The Bertz CT molecular complexity index is 1100. The molecule has 164 valence electrons. The van der Waals surface area contributed by atoms with Gasteiger partial charge >= 0.3 is 0 Å². The van der Waals surface area contributed by atoms with Crippen molar-refractivity contribution in [3.05, 3.63) is 82.9 Å². The monoisotopic (exact) mass is 448 g/mol. The van der Waals surface area contributed by atoms with Crippen LogP contribution in [-0.2, 0) is 0 Å². The summed E-state index contributed by atoms with van der Waals surface area (Å²) in [7, 11) is 1.65. The van der Waals surface area contributed by atoms with E-state index in [0.29, 0.717) is 5.11 Å². The van der Waals surface area contributed by atoms with E-state index in [2.05, 4.69) is 27.2 Å². The highest BCUT2D eigenvalue weighted by molar-refractivity contribution is 7.80. The second-order valence-electron chi connectivity index (χ2n) is 7.46. The zero-order valence-electron chi connectivity index (χ0n) is 17.7. The lowest BCUT2D eigenvalue weighted by Crippen LogP contribution is -2.50. The third-order valence-electron chi connectivity index (χ3n) is 5.54. The molecule has 1 heterocycles. The molecule has 0 atom stereocenters. The number of ether oxygens (including phenoxy) is 1. The van der Waals surface area contributed by atoms with Gasteiger partial charge in [-0.2, -0.15) is 0 Å². The van der Waals surface area contributed by atoms with Gasteiger partial charge in [-0.25, -0.2) is 0 Å². The minimum Gasteiger partial charge on any atom is -0.495 e.